The number of para-hydroxylation sites is 2. The monoisotopic (exact) mass is 434 g/mol. The molecule has 8 nitrogen and oxygen atoms in total. The fourth-order valence-corrected chi connectivity index (χ4v) is 4.35. The van der Waals surface area contributed by atoms with Crippen molar-refractivity contribution in [2.75, 3.05) is 39.0 Å². The van der Waals surface area contributed by atoms with Gasteiger partial charge in [-0.3, -0.25) is 14.4 Å². The van der Waals surface area contributed by atoms with Crippen LogP contribution in [-0.2, 0) is 0 Å². The molecule has 0 bridgehead atoms. The Balaban J connectivity index is 1.58. The average Bonchev–Trinajstić information content (AvgIpc) is 3.21. The Kier molecular flexibility index (Phi) is 5.38. The highest BCUT2D eigenvalue weighted by molar-refractivity contribution is 5.98. The van der Waals surface area contributed by atoms with Crippen molar-refractivity contribution in [3.63, 3.8) is 0 Å². The first-order valence-corrected chi connectivity index (χ1v) is 11.1. The quantitative estimate of drug-likeness (QED) is 0.639. The fourth-order valence-electron chi connectivity index (χ4n) is 4.35. The first kappa shape index (κ1) is 20.6. The van der Waals surface area contributed by atoms with E-state index in [1.165, 1.54) is 0 Å². The van der Waals surface area contributed by atoms with Crippen LogP contribution >= 0.6 is 0 Å². The minimum atomic E-state index is -0.158. The number of nitrogens with one attached hydrogen (secondary N) is 1. The second-order valence-corrected chi connectivity index (χ2v) is 8.70. The van der Waals surface area contributed by atoms with Crippen LogP contribution in [-0.4, -0.2) is 54.5 Å². The molecule has 0 spiro atoms. The van der Waals surface area contributed by atoms with E-state index < -0.39 is 0 Å². The third-order valence-corrected chi connectivity index (χ3v) is 6.11. The number of aliphatic imine (C=N–C) groups is 1. The van der Waals surface area contributed by atoms with Crippen LogP contribution in [0.15, 0.2) is 47.5 Å². The highest BCUT2D eigenvalue weighted by atomic mass is 16.5. The molecule has 2 aliphatic rings. The third-order valence-electron chi connectivity index (χ3n) is 6.11. The van der Waals surface area contributed by atoms with E-state index in [0.717, 1.165) is 48.1 Å². The Labute approximate surface area is 188 Å². The van der Waals surface area contributed by atoms with E-state index in [9.17, 15) is 0 Å². The van der Waals surface area contributed by atoms with Crippen molar-refractivity contribution < 1.29 is 9.47 Å². The number of methoxy groups -OCH3 is 2. The Morgan fingerprint density at radius 2 is 1.91 bits per heavy atom. The highest BCUT2D eigenvalue weighted by Crippen LogP contribution is 2.37. The lowest BCUT2D eigenvalue weighted by Gasteiger charge is -2.42. The fraction of sp³-hybridized carbons (Fsp3) is 0.417. The van der Waals surface area contributed by atoms with Crippen molar-refractivity contribution in [3.8, 4) is 11.5 Å². The topological polar surface area (TPSA) is 67.2 Å². The van der Waals surface area contributed by atoms with Crippen molar-refractivity contribution in [2.24, 2.45) is 10.9 Å². The molecule has 0 saturated carbocycles. The maximum Gasteiger partial charge on any atom is 0.216 e. The zero-order chi connectivity index (χ0) is 22.2. The summed E-state index contributed by atoms with van der Waals surface area (Å²) in [5.74, 6) is 3.83. The number of ether oxygens (including phenoxy) is 2. The molecule has 3 heterocycles. The van der Waals surface area contributed by atoms with E-state index in [2.05, 4.69) is 57.8 Å². The standard InChI is InChI=1S/C24H30N6O2/c1-16(2)11-12-28-14-25-23-27-22(17-9-10-20(31-3)21(13-17)32-4)30-19-8-6-5-7-18(19)26-24(30)29(23)15-28/h5-10,13,16,22H,11-12,14-15H2,1-4H3,(H,25,27)/t22-/m1/s1. The van der Waals surface area contributed by atoms with Crippen LogP contribution in [0.4, 0.5) is 5.95 Å². The molecule has 2 aromatic carbocycles. The molecular weight excluding hydrogens is 404 g/mol. The number of rotatable bonds is 6. The smallest absolute Gasteiger partial charge is 0.216 e. The molecule has 0 saturated heterocycles. The third kappa shape index (κ3) is 3.54. The molecule has 32 heavy (non-hydrogen) atoms. The molecule has 1 aromatic heterocycles. The number of hydrogen-bond acceptors (Lipinski definition) is 7. The average molecular weight is 435 g/mol. The molecule has 5 rings (SSSR count). The summed E-state index contributed by atoms with van der Waals surface area (Å²) >= 11 is 0. The van der Waals surface area contributed by atoms with E-state index in [-0.39, 0.29) is 6.17 Å². The summed E-state index contributed by atoms with van der Waals surface area (Å²) in [6.45, 7) is 6.98. The van der Waals surface area contributed by atoms with Gasteiger partial charge < -0.3 is 14.8 Å². The molecule has 168 valence electrons. The van der Waals surface area contributed by atoms with Gasteiger partial charge in [-0.15, -0.1) is 0 Å². The lowest BCUT2D eigenvalue weighted by atomic mass is 10.1. The molecule has 3 aromatic rings. The van der Waals surface area contributed by atoms with Crippen LogP contribution in [0.5, 0.6) is 11.5 Å². The van der Waals surface area contributed by atoms with Gasteiger partial charge in [-0.2, -0.15) is 0 Å². The van der Waals surface area contributed by atoms with E-state index in [1.54, 1.807) is 14.2 Å². The highest BCUT2D eigenvalue weighted by Gasteiger charge is 2.36. The molecule has 8 heteroatoms. The summed E-state index contributed by atoms with van der Waals surface area (Å²) < 4.78 is 13.3. The molecule has 0 fully saturated rings. The Hall–Kier alpha value is -3.26. The zero-order valence-electron chi connectivity index (χ0n) is 19.1. The van der Waals surface area contributed by atoms with Gasteiger partial charge in [0, 0.05) is 6.54 Å². The largest absolute Gasteiger partial charge is 0.493 e. The summed E-state index contributed by atoms with van der Waals surface area (Å²) in [7, 11) is 3.31. The first-order valence-electron chi connectivity index (χ1n) is 11.1. The number of benzene rings is 2. The molecule has 0 amide bonds. The molecule has 1 N–H and O–H groups in total. The van der Waals surface area contributed by atoms with Gasteiger partial charge in [-0.25, -0.2) is 9.98 Å². The number of guanidine groups is 1. The number of anilines is 1. The maximum absolute atomic E-state index is 5.57. The van der Waals surface area contributed by atoms with Crippen LogP contribution in [0.3, 0.4) is 0 Å². The molecule has 1 atom stereocenters. The van der Waals surface area contributed by atoms with Gasteiger partial charge in [0.2, 0.25) is 11.9 Å². The molecule has 0 radical (unpaired) electrons. The van der Waals surface area contributed by atoms with Gasteiger partial charge in [-0.05, 0) is 42.2 Å². The van der Waals surface area contributed by atoms with Gasteiger partial charge in [0.05, 0.1) is 38.6 Å². The van der Waals surface area contributed by atoms with Crippen molar-refractivity contribution in [3.05, 3.63) is 48.0 Å². The van der Waals surface area contributed by atoms with Gasteiger partial charge in [0.15, 0.2) is 11.5 Å². The lowest BCUT2D eigenvalue weighted by Crippen LogP contribution is -2.57. The van der Waals surface area contributed by atoms with Gasteiger partial charge >= 0.3 is 0 Å². The van der Waals surface area contributed by atoms with Crippen molar-refractivity contribution in [1.82, 2.24) is 19.8 Å². The Morgan fingerprint density at radius 1 is 1.09 bits per heavy atom. The summed E-state index contributed by atoms with van der Waals surface area (Å²) in [4.78, 5) is 14.4. The minimum Gasteiger partial charge on any atom is -0.493 e. The van der Waals surface area contributed by atoms with Crippen LogP contribution < -0.4 is 19.7 Å². The lowest BCUT2D eigenvalue weighted by molar-refractivity contribution is 0.256. The number of aromatic nitrogens is 2. The van der Waals surface area contributed by atoms with Crippen LogP contribution in [0.25, 0.3) is 11.0 Å². The number of imidazole rings is 1. The van der Waals surface area contributed by atoms with E-state index in [1.807, 2.05) is 18.2 Å². The van der Waals surface area contributed by atoms with Gasteiger partial charge in [-0.1, -0.05) is 32.0 Å². The molecule has 2 aliphatic heterocycles. The molecule has 0 aliphatic carbocycles. The normalized spacial score (nSPS) is 18.2. The second-order valence-electron chi connectivity index (χ2n) is 8.70. The predicted molar refractivity (Wildman–Crippen MR) is 126 cm³/mol. The summed E-state index contributed by atoms with van der Waals surface area (Å²) in [6, 6.07) is 14.3. The van der Waals surface area contributed by atoms with Crippen molar-refractivity contribution in [2.45, 2.75) is 26.4 Å². The number of nitrogens with zero attached hydrogens (tertiary/aromatic N) is 5. The zero-order valence-corrected chi connectivity index (χ0v) is 19.1. The number of hydrogen-bond donors (Lipinski definition) is 1. The minimum absolute atomic E-state index is 0.158. The van der Waals surface area contributed by atoms with Crippen LogP contribution in [0.1, 0.15) is 32.0 Å². The SMILES string of the molecule is COc1ccc([C@@H]2NC3=NCN(CCC(C)C)CN3c3nc4ccccc4n32)cc1OC. The summed E-state index contributed by atoms with van der Waals surface area (Å²) in [6.07, 6.45) is 0.992. The van der Waals surface area contributed by atoms with Crippen molar-refractivity contribution >= 4 is 22.9 Å². The second kappa shape index (κ2) is 8.35. The van der Waals surface area contributed by atoms with E-state index in [4.69, 9.17) is 19.5 Å². The molecule has 0 unspecified atom stereocenters. The number of fused-ring (bicyclic) bond motifs is 5. The predicted octanol–water partition coefficient (Wildman–Crippen LogP) is 3.64. The summed E-state index contributed by atoms with van der Waals surface area (Å²) in [5.41, 5.74) is 3.10. The van der Waals surface area contributed by atoms with Gasteiger partial charge in [0.25, 0.3) is 0 Å². The van der Waals surface area contributed by atoms with E-state index in [0.29, 0.717) is 24.1 Å². The maximum atomic E-state index is 5.57. The van der Waals surface area contributed by atoms with Gasteiger partial charge in [0.1, 0.15) is 6.17 Å². The Morgan fingerprint density at radius 3 is 2.69 bits per heavy atom. The summed E-state index contributed by atoms with van der Waals surface area (Å²) in [5, 5.41) is 3.66. The van der Waals surface area contributed by atoms with Crippen LogP contribution in [0.2, 0.25) is 0 Å². The molecular formula is C24H30N6O2. The van der Waals surface area contributed by atoms with Crippen LogP contribution in [0, 0.1) is 5.92 Å². The first-order chi connectivity index (χ1) is 15.6. The van der Waals surface area contributed by atoms with Crippen molar-refractivity contribution in [1.29, 1.82) is 0 Å². The Bertz CT molecular complexity index is 1150. The van der Waals surface area contributed by atoms with E-state index >= 15 is 0 Å².